The molecule has 184 valence electrons. The monoisotopic (exact) mass is 474 g/mol. The van der Waals surface area contributed by atoms with Crippen molar-refractivity contribution in [2.24, 2.45) is 0 Å². The number of benzene rings is 1. The quantitative estimate of drug-likeness (QED) is 0.354. The van der Waals surface area contributed by atoms with Crippen LogP contribution >= 0.6 is 0 Å². The highest BCUT2D eigenvalue weighted by Crippen LogP contribution is 2.35. The molecule has 2 heterocycles. The van der Waals surface area contributed by atoms with E-state index in [2.05, 4.69) is 5.10 Å². The molecule has 1 aliphatic heterocycles. The van der Waals surface area contributed by atoms with Gasteiger partial charge in [-0.25, -0.2) is 8.78 Å². The SMILES string of the molecule is COc1c(F)cc(Cc2c(OC3(O)O[C@H](CO)[C@@H](O)[C@@H](O)[C@H]3O)nn(C(C)C)c2C)cc1F. The Morgan fingerprint density at radius 3 is 2.30 bits per heavy atom. The molecule has 0 aliphatic carbocycles. The van der Waals surface area contributed by atoms with Gasteiger partial charge in [0.1, 0.15) is 18.3 Å². The number of aliphatic hydroxyl groups excluding tert-OH is 4. The van der Waals surface area contributed by atoms with Crippen LogP contribution < -0.4 is 9.47 Å². The lowest BCUT2D eigenvalue weighted by Gasteiger charge is -2.43. The van der Waals surface area contributed by atoms with Gasteiger partial charge in [0.05, 0.1) is 13.7 Å². The predicted octanol–water partition coefficient (Wildman–Crippen LogP) is 0.149. The molecule has 3 rings (SSSR count). The Morgan fingerprint density at radius 1 is 1.18 bits per heavy atom. The average molecular weight is 474 g/mol. The minimum Gasteiger partial charge on any atom is -0.491 e. The third-order valence-corrected chi connectivity index (χ3v) is 5.54. The third kappa shape index (κ3) is 4.67. The largest absolute Gasteiger partial charge is 0.491 e. The maximum Gasteiger partial charge on any atom is 0.356 e. The molecule has 0 saturated carbocycles. The number of hydrogen-bond donors (Lipinski definition) is 5. The van der Waals surface area contributed by atoms with Crippen LogP contribution in [0.2, 0.25) is 0 Å². The number of hydrogen-bond acceptors (Lipinski definition) is 9. The molecule has 1 aromatic heterocycles. The fraction of sp³-hybridized carbons (Fsp3) is 0.571. The summed E-state index contributed by atoms with van der Waals surface area (Å²) in [5, 5.41) is 54.7. The molecule has 5 atom stereocenters. The second kappa shape index (κ2) is 9.49. The second-order valence-electron chi connectivity index (χ2n) is 8.17. The number of methoxy groups -OCH3 is 1. The summed E-state index contributed by atoms with van der Waals surface area (Å²) in [5.41, 5.74) is 1.07. The first-order chi connectivity index (χ1) is 15.4. The van der Waals surface area contributed by atoms with Gasteiger partial charge in [-0.1, -0.05) is 0 Å². The van der Waals surface area contributed by atoms with Gasteiger partial charge in [0.25, 0.3) is 0 Å². The Morgan fingerprint density at radius 2 is 1.79 bits per heavy atom. The molecule has 1 fully saturated rings. The first-order valence-electron chi connectivity index (χ1n) is 10.3. The van der Waals surface area contributed by atoms with Gasteiger partial charge in [-0.15, -0.1) is 5.10 Å². The van der Waals surface area contributed by atoms with E-state index < -0.39 is 54.4 Å². The number of rotatable bonds is 7. The van der Waals surface area contributed by atoms with E-state index in [9.17, 15) is 34.3 Å². The Bertz CT molecular complexity index is 976. The van der Waals surface area contributed by atoms with Gasteiger partial charge < -0.3 is 39.7 Å². The summed E-state index contributed by atoms with van der Waals surface area (Å²) in [6, 6.07) is 2.00. The smallest absolute Gasteiger partial charge is 0.356 e. The Labute approximate surface area is 188 Å². The van der Waals surface area contributed by atoms with Crippen LogP contribution in [0.5, 0.6) is 11.6 Å². The van der Waals surface area contributed by atoms with Crippen LogP contribution in [0.4, 0.5) is 8.78 Å². The zero-order chi connectivity index (χ0) is 24.7. The molecule has 0 radical (unpaired) electrons. The van der Waals surface area contributed by atoms with Crippen molar-refractivity contribution in [3.8, 4) is 11.6 Å². The molecule has 2 aromatic rings. The topological polar surface area (TPSA) is 147 Å². The van der Waals surface area contributed by atoms with Crippen molar-refractivity contribution in [1.29, 1.82) is 0 Å². The second-order valence-corrected chi connectivity index (χ2v) is 8.17. The summed E-state index contributed by atoms with van der Waals surface area (Å²) < 4.78 is 45.3. The van der Waals surface area contributed by atoms with Gasteiger partial charge in [0, 0.05) is 23.7 Å². The molecule has 1 saturated heterocycles. The molecule has 1 aliphatic rings. The van der Waals surface area contributed by atoms with Crippen molar-refractivity contribution >= 4 is 0 Å². The van der Waals surface area contributed by atoms with Crippen molar-refractivity contribution in [2.75, 3.05) is 13.7 Å². The first kappa shape index (κ1) is 25.3. The predicted molar refractivity (Wildman–Crippen MR) is 109 cm³/mol. The number of nitrogens with zero attached hydrogens (tertiary/aromatic N) is 2. The van der Waals surface area contributed by atoms with E-state index >= 15 is 0 Å². The Balaban J connectivity index is 2.02. The highest BCUT2D eigenvalue weighted by atomic mass is 19.1. The molecule has 0 amide bonds. The highest BCUT2D eigenvalue weighted by molar-refractivity contribution is 5.39. The fourth-order valence-electron chi connectivity index (χ4n) is 3.78. The summed E-state index contributed by atoms with van der Waals surface area (Å²) in [6.45, 7) is 4.54. The number of ether oxygens (including phenoxy) is 3. The molecule has 5 N–H and O–H groups in total. The zero-order valence-corrected chi connectivity index (χ0v) is 18.6. The van der Waals surface area contributed by atoms with Gasteiger partial charge in [-0.2, -0.15) is 0 Å². The van der Waals surface area contributed by atoms with E-state index in [4.69, 9.17) is 14.2 Å². The van der Waals surface area contributed by atoms with Gasteiger partial charge in [0.2, 0.25) is 5.88 Å². The fourth-order valence-corrected chi connectivity index (χ4v) is 3.78. The van der Waals surface area contributed by atoms with E-state index in [-0.39, 0.29) is 23.9 Å². The summed E-state index contributed by atoms with van der Waals surface area (Å²) in [5.74, 6) is -5.45. The Hall–Kier alpha value is -2.35. The van der Waals surface area contributed by atoms with E-state index in [0.717, 1.165) is 19.2 Å². The molecule has 10 nitrogen and oxygen atoms in total. The maximum atomic E-state index is 14.2. The van der Waals surface area contributed by atoms with Crippen LogP contribution in [0.1, 0.15) is 36.7 Å². The van der Waals surface area contributed by atoms with Crippen LogP contribution in [-0.2, 0) is 11.2 Å². The standard InChI is InChI=1S/C21H28F2N2O8/c1-9(2)25-10(3)12(5-11-6-13(22)18(31-4)14(23)7-11)20(24-25)33-21(30)19(29)17(28)16(27)15(8-26)32-21/h6-7,9,15-17,19,26-30H,5,8H2,1-4H3/t15-,16-,17-,19-,21?/m1/s1. The number of halogens is 2. The first-order valence-corrected chi connectivity index (χ1v) is 10.3. The van der Waals surface area contributed by atoms with Crippen molar-refractivity contribution < 1.29 is 48.5 Å². The van der Waals surface area contributed by atoms with E-state index in [1.807, 2.05) is 13.8 Å². The maximum absolute atomic E-state index is 14.2. The lowest BCUT2D eigenvalue weighted by molar-refractivity contribution is -0.423. The van der Waals surface area contributed by atoms with Crippen LogP contribution in [0, 0.1) is 18.6 Å². The summed E-state index contributed by atoms with van der Waals surface area (Å²) in [7, 11) is 1.14. The molecule has 1 aromatic carbocycles. The van der Waals surface area contributed by atoms with Crippen LogP contribution in [-0.4, -0.2) is 79.4 Å². The van der Waals surface area contributed by atoms with Crippen LogP contribution in [0.15, 0.2) is 12.1 Å². The van der Waals surface area contributed by atoms with Gasteiger partial charge in [-0.05, 0) is 38.5 Å². The molecule has 0 spiro atoms. The zero-order valence-electron chi connectivity index (χ0n) is 18.6. The van der Waals surface area contributed by atoms with Crippen molar-refractivity contribution in [2.45, 2.75) is 63.6 Å². The lowest BCUT2D eigenvalue weighted by atomic mass is 9.98. The molecular weight excluding hydrogens is 446 g/mol. The van der Waals surface area contributed by atoms with Crippen LogP contribution in [0.3, 0.4) is 0 Å². The minimum atomic E-state index is -2.88. The summed E-state index contributed by atoms with van der Waals surface area (Å²) in [4.78, 5) is 0. The van der Waals surface area contributed by atoms with Crippen LogP contribution in [0.25, 0.3) is 0 Å². The van der Waals surface area contributed by atoms with Gasteiger partial charge >= 0.3 is 5.97 Å². The lowest BCUT2D eigenvalue weighted by Crippen LogP contribution is -2.67. The molecule has 12 heteroatoms. The van der Waals surface area contributed by atoms with Crippen molar-refractivity contribution in [3.05, 3.63) is 40.6 Å². The highest BCUT2D eigenvalue weighted by Gasteiger charge is 2.55. The average Bonchev–Trinajstić information content (AvgIpc) is 3.04. The summed E-state index contributed by atoms with van der Waals surface area (Å²) in [6.07, 6.45) is -7.25. The molecular formula is C21H28F2N2O8. The number of aromatic nitrogens is 2. The normalized spacial score (nSPS) is 27.8. The third-order valence-electron chi connectivity index (χ3n) is 5.54. The van der Waals surface area contributed by atoms with Gasteiger partial charge in [-0.3, -0.25) is 4.68 Å². The van der Waals surface area contributed by atoms with E-state index in [1.54, 1.807) is 6.92 Å². The summed E-state index contributed by atoms with van der Waals surface area (Å²) >= 11 is 0. The van der Waals surface area contributed by atoms with Gasteiger partial charge in [0.15, 0.2) is 23.5 Å². The van der Waals surface area contributed by atoms with E-state index in [1.165, 1.54) is 4.68 Å². The number of aliphatic hydroxyl groups is 5. The minimum absolute atomic E-state index is 0.0769. The molecule has 1 unspecified atom stereocenters. The Kier molecular flexibility index (Phi) is 7.27. The van der Waals surface area contributed by atoms with Crippen molar-refractivity contribution in [1.82, 2.24) is 9.78 Å². The molecule has 0 bridgehead atoms. The van der Waals surface area contributed by atoms with E-state index in [0.29, 0.717) is 11.3 Å². The van der Waals surface area contributed by atoms with Crippen molar-refractivity contribution in [3.63, 3.8) is 0 Å². The molecule has 33 heavy (non-hydrogen) atoms.